The lowest BCUT2D eigenvalue weighted by Gasteiger charge is -2.22. The standard InChI is InChI=1S/C23H25N5O3/c1-14(2)28-19-9-15(3)31-22(19)18-11-25-27(23(30)21(18)28)13-20(29)26(17-6-7-17)12-16-5-4-8-24-10-16/h4-5,8-11,14,17H,6-7,12-13H2,1-3H3. The number of rotatable bonds is 6. The Morgan fingerprint density at radius 3 is 2.81 bits per heavy atom. The zero-order chi connectivity index (χ0) is 21.7. The van der Waals surface area contributed by atoms with Gasteiger partial charge in [-0.3, -0.25) is 14.6 Å². The minimum atomic E-state index is -0.277. The maximum absolute atomic E-state index is 13.4. The average molecular weight is 419 g/mol. The number of hydrogen-bond acceptors (Lipinski definition) is 5. The summed E-state index contributed by atoms with van der Waals surface area (Å²) in [4.78, 5) is 32.5. The predicted octanol–water partition coefficient (Wildman–Crippen LogP) is 3.42. The van der Waals surface area contributed by atoms with Crippen LogP contribution in [0.3, 0.4) is 0 Å². The summed E-state index contributed by atoms with van der Waals surface area (Å²) in [5.41, 5.74) is 2.77. The molecule has 0 radical (unpaired) electrons. The van der Waals surface area contributed by atoms with E-state index in [0.29, 0.717) is 23.0 Å². The van der Waals surface area contributed by atoms with Crippen molar-refractivity contribution < 1.29 is 9.21 Å². The first-order valence-corrected chi connectivity index (χ1v) is 10.6. The average Bonchev–Trinajstić information content (AvgIpc) is 3.44. The van der Waals surface area contributed by atoms with E-state index < -0.39 is 0 Å². The van der Waals surface area contributed by atoms with Crippen LogP contribution in [0.1, 0.15) is 44.1 Å². The summed E-state index contributed by atoms with van der Waals surface area (Å²) in [6.45, 7) is 6.34. The Morgan fingerprint density at radius 2 is 2.13 bits per heavy atom. The maximum Gasteiger partial charge on any atom is 0.291 e. The second-order valence-electron chi connectivity index (χ2n) is 8.52. The molecule has 5 rings (SSSR count). The predicted molar refractivity (Wildman–Crippen MR) is 117 cm³/mol. The van der Waals surface area contributed by atoms with Crippen LogP contribution in [-0.2, 0) is 17.9 Å². The quantitative estimate of drug-likeness (QED) is 0.478. The highest BCUT2D eigenvalue weighted by Gasteiger charge is 2.33. The summed E-state index contributed by atoms with van der Waals surface area (Å²) in [6, 6.07) is 6.04. The molecule has 8 heteroatoms. The lowest BCUT2D eigenvalue weighted by atomic mass is 10.2. The molecule has 4 aromatic heterocycles. The summed E-state index contributed by atoms with van der Waals surface area (Å²) in [5, 5.41) is 5.00. The van der Waals surface area contributed by atoms with E-state index in [4.69, 9.17) is 4.42 Å². The fourth-order valence-corrected chi connectivity index (χ4v) is 4.23. The van der Waals surface area contributed by atoms with E-state index in [0.717, 1.165) is 29.7 Å². The Kier molecular flexibility index (Phi) is 4.64. The molecule has 1 aliphatic carbocycles. The van der Waals surface area contributed by atoms with Gasteiger partial charge in [-0.1, -0.05) is 6.07 Å². The summed E-state index contributed by atoms with van der Waals surface area (Å²) in [6.07, 6.45) is 7.09. The molecular formula is C23H25N5O3. The van der Waals surface area contributed by atoms with Crippen molar-refractivity contribution in [2.75, 3.05) is 0 Å². The molecule has 0 spiro atoms. The molecule has 1 aliphatic rings. The molecule has 1 amide bonds. The van der Waals surface area contributed by atoms with Crippen molar-refractivity contribution in [2.24, 2.45) is 0 Å². The molecule has 4 aromatic rings. The lowest BCUT2D eigenvalue weighted by molar-refractivity contribution is -0.133. The second kappa shape index (κ2) is 7.37. The Labute approximate surface area is 179 Å². The molecule has 1 saturated carbocycles. The molecule has 0 aliphatic heterocycles. The number of hydrogen-bond donors (Lipinski definition) is 0. The van der Waals surface area contributed by atoms with Crippen molar-refractivity contribution >= 4 is 27.9 Å². The highest BCUT2D eigenvalue weighted by atomic mass is 16.3. The largest absolute Gasteiger partial charge is 0.459 e. The maximum atomic E-state index is 13.4. The Balaban J connectivity index is 1.51. The van der Waals surface area contributed by atoms with E-state index in [-0.39, 0.29) is 30.1 Å². The molecular weight excluding hydrogens is 394 g/mol. The van der Waals surface area contributed by atoms with Crippen molar-refractivity contribution in [1.82, 2.24) is 24.2 Å². The molecule has 0 N–H and O–H groups in total. The smallest absolute Gasteiger partial charge is 0.291 e. The Morgan fingerprint density at radius 1 is 1.32 bits per heavy atom. The molecule has 1 fully saturated rings. The first-order valence-electron chi connectivity index (χ1n) is 10.6. The highest BCUT2D eigenvalue weighted by Crippen LogP contribution is 2.32. The van der Waals surface area contributed by atoms with Crippen LogP contribution in [0.4, 0.5) is 0 Å². The summed E-state index contributed by atoms with van der Waals surface area (Å²) < 4.78 is 9.09. The van der Waals surface area contributed by atoms with Crippen LogP contribution in [0, 0.1) is 6.92 Å². The van der Waals surface area contributed by atoms with Crippen molar-refractivity contribution in [1.29, 1.82) is 0 Å². The number of nitrogens with zero attached hydrogens (tertiary/aromatic N) is 5. The monoisotopic (exact) mass is 419 g/mol. The molecule has 0 saturated heterocycles. The van der Waals surface area contributed by atoms with Crippen LogP contribution < -0.4 is 5.56 Å². The third-order valence-electron chi connectivity index (χ3n) is 5.78. The van der Waals surface area contributed by atoms with E-state index in [2.05, 4.69) is 10.1 Å². The minimum absolute atomic E-state index is 0.0600. The minimum Gasteiger partial charge on any atom is -0.459 e. The summed E-state index contributed by atoms with van der Waals surface area (Å²) >= 11 is 0. The third-order valence-corrected chi connectivity index (χ3v) is 5.78. The third kappa shape index (κ3) is 3.41. The number of aromatic nitrogens is 4. The van der Waals surface area contributed by atoms with E-state index in [1.165, 1.54) is 4.68 Å². The SMILES string of the molecule is Cc1cc2c(o1)c1cnn(CC(=O)N(Cc3cccnc3)C3CC3)c(=O)c1n2C(C)C. The summed E-state index contributed by atoms with van der Waals surface area (Å²) in [7, 11) is 0. The molecule has 0 unspecified atom stereocenters. The fourth-order valence-electron chi connectivity index (χ4n) is 4.23. The second-order valence-corrected chi connectivity index (χ2v) is 8.52. The van der Waals surface area contributed by atoms with Gasteiger partial charge in [0.2, 0.25) is 5.91 Å². The van der Waals surface area contributed by atoms with Gasteiger partial charge in [0.05, 0.1) is 17.1 Å². The number of pyridine rings is 1. The first kappa shape index (κ1) is 19.5. The molecule has 31 heavy (non-hydrogen) atoms. The van der Waals surface area contributed by atoms with E-state index in [9.17, 15) is 9.59 Å². The topological polar surface area (TPSA) is 86.2 Å². The van der Waals surface area contributed by atoms with Crippen LogP contribution in [-0.4, -0.2) is 36.2 Å². The molecule has 160 valence electrons. The molecule has 8 nitrogen and oxygen atoms in total. The van der Waals surface area contributed by atoms with Crippen LogP contribution in [0.15, 0.2) is 46.0 Å². The van der Waals surface area contributed by atoms with Gasteiger partial charge < -0.3 is 13.9 Å². The van der Waals surface area contributed by atoms with Gasteiger partial charge in [-0.25, -0.2) is 4.68 Å². The molecule has 4 heterocycles. The van der Waals surface area contributed by atoms with Crippen LogP contribution in [0.25, 0.3) is 22.0 Å². The van der Waals surface area contributed by atoms with E-state index in [1.807, 2.05) is 48.4 Å². The summed E-state index contributed by atoms with van der Waals surface area (Å²) in [5.74, 6) is 0.679. The fraction of sp³-hybridized carbons (Fsp3) is 0.391. The van der Waals surface area contributed by atoms with Gasteiger partial charge in [-0.15, -0.1) is 0 Å². The van der Waals surface area contributed by atoms with Crippen molar-refractivity contribution in [3.63, 3.8) is 0 Å². The van der Waals surface area contributed by atoms with E-state index >= 15 is 0 Å². The van der Waals surface area contributed by atoms with Gasteiger partial charge in [0.15, 0.2) is 5.58 Å². The van der Waals surface area contributed by atoms with Crippen molar-refractivity contribution in [2.45, 2.75) is 58.8 Å². The van der Waals surface area contributed by atoms with E-state index in [1.54, 1.807) is 18.6 Å². The zero-order valence-electron chi connectivity index (χ0n) is 17.9. The van der Waals surface area contributed by atoms with Crippen molar-refractivity contribution in [3.8, 4) is 0 Å². The number of fused-ring (bicyclic) bond motifs is 3. The van der Waals surface area contributed by atoms with Crippen LogP contribution in [0.5, 0.6) is 0 Å². The normalized spacial score (nSPS) is 14.1. The Bertz CT molecular complexity index is 1330. The van der Waals surface area contributed by atoms with Gasteiger partial charge in [0.1, 0.15) is 17.8 Å². The Hall–Kier alpha value is -3.42. The van der Waals surface area contributed by atoms with Crippen LogP contribution in [0.2, 0.25) is 0 Å². The van der Waals surface area contributed by atoms with Gasteiger partial charge in [0, 0.05) is 37.1 Å². The number of carbonyl (C=O) groups is 1. The van der Waals surface area contributed by atoms with Crippen LogP contribution >= 0.6 is 0 Å². The first-order chi connectivity index (χ1) is 14.9. The van der Waals surface area contributed by atoms with Crippen molar-refractivity contribution in [3.05, 3.63) is 58.5 Å². The number of aryl methyl sites for hydroxylation is 1. The number of furan rings is 1. The molecule has 0 bridgehead atoms. The number of carbonyl (C=O) groups excluding carboxylic acids is 1. The number of amides is 1. The molecule has 0 aromatic carbocycles. The van der Waals surface area contributed by atoms with Gasteiger partial charge in [0.25, 0.3) is 5.56 Å². The van der Waals surface area contributed by atoms with Gasteiger partial charge in [-0.2, -0.15) is 5.10 Å². The highest BCUT2D eigenvalue weighted by molar-refractivity contribution is 6.04. The lowest BCUT2D eigenvalue weighted by Crippen LogP contribution is -2.38. The van der Waals surface area contributed by atoms with Gasteiger partial charge in [-0.05, 0) is 45.2 Å². The molecule has 0 atom stereocenters. The zero-order valence-corrected chi connectivity index (χ0v) is 17.9. The van der Waals surface area contributed by atoms with Gasteiger partial charge >= 0.3 is 0 Å².